The molecular formula is C26H19N5O2S. The van der Waals surface area contributed by atoms with Gasteiger partial charge in [-0.1, -0.05) is 60.7 Å². The molecule has 8 heteroatoms. The summed E-state index contributed by atoms with van der Waals surface area (Å²) in [6.07, 6.45) is 0. The van der Waals surface area contributed by atoms with E-state index in [9.17, 15) is 9.59 Å². The third-order valence-electron chi connectivity index (χ3n) is 5.22. The van der Waals surface area contributed by atoms with Gasteiger partial charge < -0.3 is 0 Å². The first kappa shape index (κ1) is 21.4. The van der Waals surface area contributed by atoms with Gasteiger partial charge in [0.25, 0.3) is 0 Å². The van der Waals surface area contributed by atoms with E-state index in [1.165, 1.54) is 22.9 Å². The van der Waals surface area contributed by atoms with Gasteiger partial charge in [-0.05, 0) is 31.2 Å². The summed E-state index contributed by atoms with van der Waals surface area (Å²) in [4.78, 5) is 29.5. The molecule has 0 aliphatic carbocycles. The summed E-state index contributed by atoms with van der Waals surface area (Å²) in [6, 6.07) is 26.0. The Morgan fingerprint density at radius 2 is 1.53 bits per heavy atom. The molecule has 0 amide bonds. The second-order valence-corrected chi connectivity index (χ2v) is 8.36. The standard InChI is InChI=1S/C26H19N5O2S/c1-17(32)18-12-14-21(15-13-18)28-29-24-23(20-10-6-3-7-11-20)30-31(25(24)33)26-27-22(16-34-26)19-8-4-2-5-9-19/h2-16,30H,1H3. The molecule has 166 valence electrons. The topological polar surface area (TPSA) is 92.5 Å². The van der Waals surface area contributed by atoms with Crippen molar-refractivity contribution in [2.75, 3.05) is 0 Å². The lowest BCUT2D eigenvalue weighted by molar-refractivity contribution is 0.101. The number of Topliss-reactive ketones (excluding diaryl/α,β-unsaturated/α-hetero) is 1. The fraction of sp³-hybridized carbons (Fsp3) is 0.0385. The van der Waals surface area contributed by atoms with Crippen molar-refractivity contribution in [3.8, 4) is 27.6 Å². The zero-order valence-corrected chi connectivity index (χ0v) is 19.0. The Kier molecular flexibility index (Phi) is 5.80. The zero-order chi connectivity index (χ0) is 23.5. The molecular weight excluding hydrogens is 446 g/mol. The molecule has 0 spiro atoms. The Hall–Kier alpha value is -4.43. The van der Waals surface area contributed by atoms with Gasteiger partial charge in [0.05, 0.1) is 17.1 Å². The van der Waals surface area contributed by atoms with Crippen LogP contribution in [0.25, 0.3) is 27.6 Å². The number of benzene rings is 3. The fourth-order valence-electron chi connectivity index (χ4n) is 3.44. The number of aromatic nitrogens is 3. The van der Waals surface area contributed by atoms with Crippen LogP contribution in [0.2, 0.25) is 0 Å². The molecule has 0 radical (unpaired) electrons. The van der Waals surface area contributed by atoms with Crippen LogP contribution in [-0.4, -0.2) is 20.5 Å². The number of hydrogen-bond donors (Lipinski definition) is 1. The van der Waals surface area contributed by atoms with Crippen molar-refractivity contribution in [1.82, 2.24) is 14.8 Å². The summed E-state index contributed by atoms with van der Waals surface area (Å²) < 4.78 is 1.40. The Labute approximate surface area is 199 Å². The smallest absolute Gasteiger partial charge is 0.295 e. The second kappa shape index (κ2) is 9.21. The summed E-state index contributed by atoms with van der Waals surface area (Å²) in [5.74, 6) is -0.0262. The van der Waals surface area contributed by atoms with Crippen molar-refractivity contribution in [1.29, 1.82) is 0 Å². The molecule has 2 heterocycles. The lowest BCUT2D eigenvalue weighted by Gasteiger charge is -1.99. The molecule has 0 aliphatic heterocycles. The van der Waals surface area contributed by atoms with Crippen LogP contribution >= 0.6 is 11.3 Å². The quantitative estimate of drug-likeness (QED) is 0.227. The molecule has 0 saturated heterocycles. The third kappa shape index (κ3) is 4.26. The van der Waals surface area contributed by atoms with Crippen LogP contribution in [0.1, 0.15) is 17.3 Å². The van der Waals surface area contributed by atoms with Crippen LogP contribution < -0.4 is 5.56 Å². The summed E-state index contributed by atoms with van der Waals surface area (Å²) in [7, 11) is 0. The molecule has 0 atom stereocenters. The van der Waals surface area contributed by atoms with Crippen molar-refractivity contribution < 1.29 is 4.79 Å². The van der Waals surface area contributed by atoms with Crippen LogP contribution in [0.5, 0.6) is 0 Å². The predicted molar refractivity (Wildman–Crippen MR) is 134 cm³/mol. The van der Waals surface area contributed by atoms with E-state index in [0.717, 1.165) is 16.8 Å². The number of thiazole rings is 1. The van der Waals surface area contributed by atoms with Crippen molar-refractivity contribution in [3.05, 3.63) is 106 Å². The number of rotatable bonds is 6. The molecule has 3 aromatic carbocycles. The van der Waals surface area contributed by atoms with Gasteiger partial charge in [0, 0.05) is 22.1 Å². The highest BCUT2D eigenvalue weighted by Gasteiger charge is 2.19. The average Bonchev–Trinajstić information content (AvgIpc) is 3.49. The zero-order valence-electron chi connectivity index (χ0n) is 18.2. The van der Waals surface area contributed by atoms with E-state index in [2.05, 4.69) is 20.3 Å². The first-order valence-corrected chi connectivity index (χ1v) is 11.4. The highest BCUT2D eigenvalue weighted by molar-refractivity contribution is 7.12. The summed E-state index contributed by atoms with van der Waals surface area (Å²) in [5, 5.41) is 14.1. The Morgan fingerprint density at radius 1 is 0.882 bits per heavy atom. The first-order chi connectivity index (χ1) is 16.6. The van der Waals surface area contributed by atoms with Gasteiger partial charge in [0.15, 0.2) is 11.5 Å². The van der Waals surface area contributed by atoms with E-state index in [1.54, 1.807) is 24.3 Å². The van der Waals surface area contributed by atoms with Gasteiger partial charge in [-0.25, -0.2) is 4.98 Å². The molecule has 5 aromatic rings. The third-order valence-corrected chi connectivity index (χ3v) is 6.05. The number of azo groups is 1. The number of carbonyl (C=O) groups is 1. The Morgan fingerprint density at radius 3 is 2.18 bits per heavy atom. The number of nitrogens with zero attached hydrogens (tertiary/aromatic N) is 4. The minimum absolute atomic E-state index is 0.0262. The lowest BCUT2D eigenvalue weighted by atomic mass is 10.1. The second-order valence-electron chi connectivity index (χ2n) is 7.53. The molecule has 5 rings (SSSR count). The maximum atomic E-state index is 13.4. The van der Waals surface area contributed by atoms with Crippen LogP contribution in [0.4, 0.5) is 11.4 Å². The molecule has 0 unspecified atom stereocenters. The van der Waals surface area contributed by atoms with Crippen molar-refractivity contribution >= 4 is 28.5 Å². The molecule has 0 aliphatic rings. The minimum atomic E-state index is -0.350. The molecule has 0 saturated carbocycles. The Balaban J connectivity index is 1.57. The normalized spacial score (nSPS) is 11.2. The van der Waals surface area contributed by atoms with Crippen LogP contribution in [-0.2, 0) is 0 Å². The molecule has 0 fully saturated rings. The number of ketones is 1. The number of aromatic amines is 1. The van der Waals surface area contributed by atoms with E-state index in [-0.39, 0.29) is 17.0 Å². The van der Waals surface area contributed by atoms with E-state index >= 15 is 0 Å². The van der Waals surface area contributed by atoms with Crippen LogP contribution in [0, 0.1) is 0 Å². The monoisotopic (exact) mass is 465 g/mol. The molecule has 34 heavy (non-hydrogen) atoms. The van der Waals surface area contributed by atoms with Gasteiger partial charge in [0.2, 0.25) is 5.13 Å². The fourth-order valence-corrected chi connectivity index (χ4v) is 4.23. The van der Waals surface area contributed by atoms with E-state index in [0.29, 0.717) is 22.1 Å². The lowest BCUT2D eigenvalue weighted by Crippen LogP contribution is -2.13. The van der Waals surface area contributed by atoms with Crippen molar-refractivity contribution in [2.45, 2.75) is 6.92 Å². The first-order valence-electron chi connectivity index (χ1n) is 10.5. The van der Waals surface area contributed by atoms with Crippen molar-refractivity contribution in [2.24, 2.45) is 10.2 Å². The molecule has 0 bridgehead atoms. The Bertz CT molecular complexity index is 1530. The molecule has 1 N–H and O–H groups in total. The highest BCUT2D eigenvalue weighted by atomic mass is 32.1. The van der Waals surface area contributed by atoms with Crippen LogP contribution in [0.3, 0.4) is 0 Å². The highest BCUT2D eigenvalue weighted by Crippen LogP contribution is 2.30. The summed E-state index contributed by atoms with van der Waals surface area (Å²) in [6.45, 7) is 1.51. The van der Waals surface area contributed by atoms with E-state index in [4.69, 9.17) is 0 Å². The number of carbonyl (C=O) groups excluding carboxylic acids is 1. The number of nitrogens with one attached hydrogen (secondary N) is 1. The number of hydrogen-bond acceptors (Lipinski definition) is 6. The van der Waals surface area contributed by atoms with Gasteiger partial charge in [-0.2, -0.15) is 9.80 Å². The maximum Gasteiger partial charge on any atom is 0.301 e. The largest absolute Gasteiger partial charge is 0.301 e. The summed E-state index contributed by atoms with van der Waals surface area (Å²) in [5.41, 5.74) is 4.07. The summed E-state index contributed by atoms with van der Waals surface area (Å²) >= 11 is 1.36. The molecule has 7 nitrogen and oxygen atoms in total. The molecule has 2 aromatic heterocycles. The average molecular weight is 466 g/mol. The number of H-pyrrole nitrogens is 1. The predicted octanol–water partition coefficient (Wildman–Crippen LogP) is 6.57. The minimum Gasteiger partial charge on any atom is -0.295 e. The van der Waals surface area contributed by atoms with Gasteiger partial charge in [-0.15, -0.1) is 16.5 Å². The van der Waals surface area contributed by atoms with Crippen LogP contribution in [0.15, 0.2) is 105 Å². The van der Waals surface area contributed by atoms with Gasteiger partial charge in [0.1, 0.15) is 0 Å². The van der Waals surface area contributed by atoms with Crippen molar-refractivity contribution in [3.63, 3.8) is 0 Å². The van der Waals surface area contributed by atoms with E-state index in [1.807, 2.05) is 66.0 Å². The van der Waals surface area contributed by atoms with E-state index < -0.39 is 0 Å². The SMILES string of the molecule is CC(=O)c1ccc(N=Nc2c(-c3ccccc3)[nH]n(-c3nc(-c4ccccc4)cs3)c2=O)cc1. The van der Waals surface area contributed by atoms with Gasteiger partial charge >= 0.3 is 5.56 Å². The van der Waals surface area contributed by atoms with Gasteiger partial charge in [-0.3, -0.25) is 14.7 Å². The maximum absolute atomic E-state index is 13.4.